The molecule has 0 unspecified atom stereocenters. The third-order valence-corrected chi connectivity index (χ3v) is 5.28. The lowest BCUT2D eigenvalue weighted by Crippen LogP contribution is -2.28. The SMILES string of the molecule is CN(C)S(=O)(=O)c1ccc(NC2CCC2)c(C(=O)O)c1. The summed E-state index contributed by atoms with van der Waals surface area (Å²) in [5.41, 5.74) is 0.458. The molecule has 0 saturated heterocycles. The molecule has 0 bridgehead atoms. The first-order valence-corrected chi connectivity index (χ1v) is 7.83. The van der Waals surface area contributed by atoms with Gasteiger partial charge in [0.2, 0.25) is 10.0 Å². The van der Waals surface area contributed by atoms with Crippen molar-refractivity contribution in [2.24, 2.45) is 0 Å². The van der Waals surface area contributed by atoms with E-state index in [0.29, 0.717) is 5.69 Å². The second-order valence-electron chi connectivity index (χ2n) is 5.07. The third-order valence-electron chi connectivity index (χ3n) is 3.46. The summed E-state index contributed by atoms with van der Waals surface area (Å²) in [6.45, 7) is 0. The average Bonchev–Trinajstić information content (AvgIpc) is 2.33. The largest absolute Gasteiger partial charge is 0.478 e. The highest BCUT2D eigenvalue weighted by molar-refractivity contribution is 7.89. The molecule has 1 aromatic carbocycles. The van der Waals surface area contributed by atoms with E-state index in [1.165, 1.54) is 32.3 Å². The van der Waals surface area contributed by atoms with Crippen LogP contribution in [0.15, 0.2) is 23.1 Å². The van der Waals surface area contributed by atoms with Crippen molar-refractivity contribution in [3.05, 3.63) is 23.8 Å². The summed E-state index contributed by atoms with van der Waals surface area (Å²) in [4.78, 5) is 11.3. The van der Waals surface area contributed by atoms with Gasteiger partial charge in [-0.1, -0.05) is 0 Å². The van der Waals surface area contributed by atoms with Gasteiger partial charge in [0.25, 0.3) is 0 Å². The van der Waals surface area contributed by atoms with Crippen LogP contribution in [0.1, 0.15) is 29.6 Å². The number of hydrogen-bond acceptors (Lipinski definition) is 4. The Morgan fingerprint density at radius 3 is 2.45 bits per heavy atom. The summed E-state index contributed by atoms with van der Waals surface area (Å²) in [5, 5.41) is 12.4. The maximum absolute atomic E-state index is 12.0. The molecule has 1 fully saturated rings. The number of carboxylic acid groups (broad SMARTS) is 1. The Kier molecular flexibility index (Phi) is 4.01. The molecule has 0 atom stereocenters. The van der Waals surface area contributed by atoms with E-state index in [1.54, 1.807) is 0 Å². The van der Waals surface area contributed by atoms with Crippen molar-refractivity contribution >= 4 is 21.7 Å². The molecule has 1 aliphatic rings. The highest BCUT2D eigenvalue weighted by atomic mass is 32.2. The highest BCUT2D eigenvalue weighted by Crippen LogP contribution is 2.27. The molecule has 0 radical (unpaired) electrons. The molecule has 2 rings (SSSR count). The van der Waals surface area contributed by atoms with Crippen molar-refractivity contribution in [2.45, 2.75) is 30.2 Å². The summed E-state index contributed by atoms with van der Waals surface area (Å²) in [7, 11) is -0.802. The van der Waals surface area contributed by atoms with Crippen molar-refractivity contribution in [3.8, 4) is 0 Å². The molecule has 7 heteroatoms. The van der Waals surface area contributed by atoms with E-state index >= 15 is 0 Å². The summed E-state index contributed by atoms with van der Waals surface area (Å²) in [6.07, 6.45) is 3.15. The summed E-state index contributed by atoms with van der Waals surface area (Å²) >= 11 is 0. The van der Waals surface area contributed by atoms with Crippen LogP contribution in [0.25, 0.3) is 0 Å². The molecule has 1 saturated carbocycles. The number of carbonyl (C=O) groups is 1. The van der Waals surface area contributed by atoms with E-state index in [0.717, 1.165) is 23.6 Å². The third kappa shape index (κ3) is 2.78. The van der Waals surface area contributed by atoms with E-state index in [2.05, 4.69) is 5.32 Å². The van der Waals surface area contributed by atoms with Crippen molar-refractivity contribution in [3.63, 3.8) is 0 Å². The number of nitrogens with one attached hydrogen (secondary N) is 1. The molecule has 0 amide bonds. The molecule has 0 spiro atoms. The van der Waals surface area contributed by atoms with Gasteiger partial charge in [-0.05, 0) is 37.5 Å². The second-order valence-corrected chi connectivity index (χ2v) is 7.22. The molecular weight excluding hydrogens is 280 g/mol. The van der Waals surface area contributed by atoms with Gasteiger partial charge in [0.1, 0.15) is 0 Å². The number of anilines is 1. The Balaban J connectivity index is 2.39. The van der Waals surface area contributed by atoms with Gasteiger partial charge in [-0.2, -0.15) is 0 Å². The first-order chi connectivity index (χ1) is 9.32. The predicted octanol–water partition coefficient (Wildman–Crippen LogP) is 1.60. The van der Waals surface area contributed by atoms with Gasteiger partial charge in [0.15, 0.2) is 0 Å². The molecule has 110 valence electrons. The van der Waals surface area contributed by atoms with Gasteiger partial charge in [-0.15, -0.1) is 0 Å². The van der Waals surface area contributed by atoms with Crippen LogP contribution in [0.4, 0.5) is 5.69 Å². The van der Waals surface area contributed by atoms with E-state index in [1.807, 2.05) is 0 Å². The van der Waals surface area contributed by atoms with Crippen LogP contribution in [0.2, 0.25) is 0 Å². The van der Waals surface area contributed by atoms with E-state index < -0.39 is 16.0 Å². The first-order valence-electron chi connectivity index (χ1n) is 6.39. The molecule has 1 aliphatic carbocycles. The van der Waals surface area contributed by atoms with Gasteiger partial charge in [-0.3, -0.25) is 0 Å². The first kappa shape index (κ1) is 14.8. The number of carboxylic acids is 1. The number of nitrogens with zero attached hydrogens (tertiary/aromatic N) is 1. The number of hydrogen-bond donors (Lipinski definition) is 2. The van der Waals surface area contributed by atoms with Crippen LogP contribution in [0.3, 0.4) is 0 Å². The van der Waals surface area contributed by atoms with Gasteiger partial charge in [-0.25, -0.2) is 17.5 Å². The fourth-order valence-electron chi connectivity index (χ4n) is 1.97. The average molecular weight is 298 g/mol. The smallest absolute Gasteiger partial charge is 0.337 e. The lowest BCUT2D eigenvalue weighted by atomic mass is 9.92. The Bertz CT molecular complexity index is 621. The standard InChI is InChI=1S/C13H18N2O4S/c1-15(2)20(18,19)10-6-7-12(11(8-10)13(16)17)14-9-4-3-5-9/h6-9,14H,3-5H2,1-2H3,(H,16,17). The van der Waals surface area contributed by atoms with Crippen LogP contribution >= 0.6 is 0 Å². The molecule has 6 nitrogen and oxygen atoms in total. The molecular formula is C13H18N2O4S. The fraction of sp³-hybridized carbons (Fsp3) is 0.462. The maximum Gasteiger partial charge on any atom is 0.337 e. The van der Waals surface area contributed by atoms with E-state index in [9.17, 15) is 18.3 Å². The van der Waals surface area contributed by atoms with E-state index in [4.69, 9.17) is 0 Å². The summed E-state index contributed by atoms with van der Waals surface area (Å²) in [5.74, 6) is -1.14. The van der Waals surface area contributed by atoms with Gasteiger partial charge in [0.05, 0.1) is 10.5 Å². The van der Waals surface area contributed by atoms with Crippen LogP contribution in [-0.2, 0) is 10.0 Å². The van der Waals surface area contributed by atoms with Gasteiger partial charge >= 0.3 is 5.97 Å². The summed E-state index contributed by atoms with van der Waals surface area (Å²) < 4.78 is 25.1. The van der Waals surface area contributed by atoms with Crippen molar-refractivity contribution < 1.29 is 18.3 Å². The van der Waals surface area contributed by atoms with Crippen molar-refractivity contribution in [1.82, 2.24) is 4.31 Å². The monoisotopic (exact) mass is 298 g/mol. The molecule has 0 aliphatic heterocycles. The van der Waals surface area contributed by atoms with Crippen molar-refractivity contribution in [1.29, 1.82) is 0 Å². The molecule has 1 aromatic rings. The zero-order valence-electron chi connectivity index (χ0n) is 11.5. The number of sulfonamides is 1. The summed E-state index contributed by atoms with van der Waals surface area (Å²) in [6, 6.07) is 4.45. The zero-order chi connectivity index (χ0) is 14.9. The van der Waals surface area contributed by atoms with Crippen molar-refractivity contribution in [2.75, 3.05) is 19.4 Å². The topological polar surface area (TPSA) is 86.7 Å². The van der Waals surface area contributed by atoms with Crippen LogP contribution in [0, 0.1) is 0 Å². The van der Waals surface area contributed by atoms with Crippen LogP contribution < -0.4 is 5.32 Å². The minimum atomic E-state index is -3.63. The Labute approximate surface area is 118 Å². The quantitative estimate of drug-likeness (QED) is 0.862. The molecule has 20 heavy (non-hydrogen) atoms. The van der Waals surface area contributed by atoms with Gasteiger partial charge in [0, 0.05) is 25.8 Å². The Hall–Kier alpha value is -1.60. The lowest BCUT2D eigenvalue weighted by Gasteiger charge is -2.28. The van der Waals surface area contributed by atoms with Gasteiger partial charge < -0.3 is 10.4 Å². The minimum Gasteiger partial charge on any atom is -0.478 e. The lowest BCUT2D eigenvalue weighted by molar-refractivity contribution is 0.0697. The van der Waals surface area contributed by atoms with E-state index in [-0.39, 0.29) is 16.5 Å². The molecule has 0 heterocycles. The normalized spacial score (nSPS) is 15.9. The van der Waals surface area contributed by atoms with Crippen LogP contribution in [0.5, 0.6) is 0 Å². The predicted molar refractivity (Wildman–Crippen MR) is 75.5 cm³/mol. The maximum atomic E-state index is 12.0. The van der Waals surface area contributed by atoms with Crippen LogP contribution in [-0.4, -0.2) is 43.9 Å². The highest BCUT2D eigenvalue weighted by Gasteiger charge is 2.23. The number of benzene rings is 1. The second kappa shape index (κ2) is 5.41. The Morgan fingerprint density at radius 1 is 1.35 bits per heavy atom. The number of rotatable bonds is 5. The fourth-order valence-corrected chi connectivity index (χ4v) is 2.90. The Morgan fingerprint density at radius 2 is 2.00 bits per heavy atom. The number of aromatic carboxylic acids is 1. The molecule has 2 N–H and O–H groups in total. The minimum absolute atomic E-state index is 0.0141. The molecule has 0 aromatic heterocycles. The zero-order valence-corrected chi connectivity index (χ0v) is 12.3.